The fraction of sp³-hybridized carbons (Fsp3) is 0.222. The van der Waals surface area contributed by atoms with E-state index in [1.165, 1.54) is 4.57 Å². The van der Waals surface area contributed by atoms with Gasteiger partial charge in [0.25, 0.3) is 5.56 Å². The number of furan rings is 1. The third-order valence-electron chi connectivity index (χ3n) is 4.52. The van der Waals surface area contributed by atoms with Crippen LogP contribution < -0.4 is 21.5 Å². The summed E-state index contributed by atoms with van der Waals surface area (Å²) < 4.78 is 6.91. The fourth-order valence-electron chi connectivity index (χ4n) is 3.23. The Morgan fingerprint density at radius 1 is 1.19 bits per heavy atom. The average molecular weight is 374 g/mol. The number of benzene rings is 1. The van der Waals surface area contributed by atoms with Gasteiger partial charge in [-0.25, -0.2) is 4.79 Å². The van der Waals surface area contributed by atoms with Crippen LogP contribution in [0.1, 0.15) is 16.9 Å². The van der Waals surface area contributed by atoms with Gasteiger partial charge in [0.1, 0.15) is 24.5 Å². The molecule has 7 nitrogen and oxygen atoms in total. The van der Waals surface area contributed by atoms with Gasteiger partial charge in [0, 0.05) is 5.02 Å². The zero-order valence-electron chi connectivity index (χ0n) is 13.9. The summed E-state index contributed by atoms with van der Waals surface area (Å²) in [6.07, 6.45) is 1.63. The van der Waals surface area contributed by atoms with Crippen LogP contribution in [0.3, 0.4) is 0 Å². The molecule has 0 fully saturated rings. The maximum absolute atomic E-state index is 12.4. The number of anilines is 1. The first-order valence-corrected chi connectivity index (χ1v) is 8.69. The van der Waals surface area contributed by atoms with E-state index in [0.29, 0.717) is 36.2 Å². The molecule has 0 saturated heterocycles. The number of aromatic amines is 1. The molecule has 1 atom stereocenters. The molecule has 8 heteroatoms. The van der Waals surface area contributed by atoms with Gasteiger partial charge in [-0.15, -0.1) is 0 Å². The number of hydrogen-bond donors (Lipinski definition) is 3. The van der Waals surface area contributed by atoms with E-state index >= 15 is 0 Å². The number of fused-ring (bicyclic) bond motifs is 1. The second kappa shape index (κ2) is 6.86. The van der Waals surface area contributed by atoms with Crippen molar-refractivity contribution in [2.24, 2.45) is 0 Å². The SMILES string of the molecule is O=c1[nH]c(=O)n(Cc2ccccc2Cl)c2c1C[NH+](Cc1ccco1)CN2. The summed E-state index contributed by atoms with van der Waals surface area (Å²) in [5.74, 6) is 1.41. The summed E-state index contributed by atoms with van der Waals surface area (Å²) in [6, 6.07) is 11.1. The largest absolute Gasteiger partial charge is 0.463 e. The van der Waals surface area contributed by atoms with E-state index < -0.39 is 5.69 Å². The number of aromatic nitrogens is 2. The van der Waals surface area contributed by atoms with Crippen molar-refractivity contribution in [1.29, 1.82) is 0 Å². The standard InChI is InChI=1S/C18H17ClN4O3/c19-15-6-2-1-4-12(15)8-23-16-14(17(24)21-18(23)25)10-22(11-20-16)9-13-5-3-7-26-13/h1-7,20H,8-11H2,(H,21,24,25)/p+1. The minimum absolute atomic E-state index is 0.290. The Kier molecular flexibility index (Phi) is 4.40. The zero-order chi connectivity index (χ0) is 18.1. The second-order valence-electron chi connectivity index (χ2n) is 6.30. The molecule has 0 aliphatic carbocycles. The van der Waals surface area contributed by atoms with Crippen LogP contribution in [0.5, 0.6) is 0 Å². The molecule has 1 aromatic carbocycles. The number of halogens is 1. The first-order chi connectivity index (χ1) is 12.6. The third kappa shape index (κ3) is 3.18. The van der Waals surface area contributed by atoms with E-state index in [9.17, 15) is 9.59 Å². The predicted molar refractivity (Wildman–Crippen MR) is 97.4 cm³/mol. The van der Waals surface area contributed by atoms with Crippen molar-refractivity contribution < 1.29 is 9.32 Å². The predicted octanol–water partition coefficient (Wildman–Crippen LogP) is 0.799. The van der Waals surface area contributed by atoms with Crippen molar-refractivity contribution in [1.82, 2.24) is 9.55 Å². The van der Waals surface area contributed by atoms with Crippen molar-refractivity contribution in [3.05, 3.63) is 85.4 Å². The van der Waals surface area contributed by atoms with Crippen molar-refractivity contribution in [3.8, 4) is 0 Å². The molecule has 1 aliphatic heterocycles. The summed E-state index contributed by atoms with van der Waals surface area (Å²) in [5, 5.41) is 3.82. The Hall–Kier alpha value is -2.77. The van der Waals surface area contributed by atoms with Crippen molar-refractivity contribution in [3.63, 3.8) is 0 Å². The first-order valence-electron chi connectivity index (χ1n) is 8.31. The maximum atomic E-state index is 12.4. The highest BCUT2D eigenvalue weighted by atomic mass is 35.5. The number of nitrogens with zero attached hydrogens (tertiary/aromatic N) is 1. The van der Waals surface area contributed by atoms with E-state index in [-0.39, 0.29) is 12.1 Å². The monoisotopic (exact) mass is 373 g/mol. The van der Waals surface area contributed by atoms with E-state index in [1.54, 1.807) is 12.3 Å². The molecule has 0 radical (unpaired) electrons. The molecule has 1 aliphatic rings. The molecule has 0 bridgehead atoms. The Labute approximate surface area is 153 Å². The number of nitrogens with one attached hydrogen (secondary N) is 3. The normalized spacial score (nSPS) is 16.1. The molecule has 0 spiro atoms. The molecule has 3 heterocycles. The van der Waals surface area contributed by atoms with Crippen LogP contribution in [-0.4, -0.2) is 16.2 Å². The highest BCUT2D eigenvalue weighted by Gasteiger charge is 2.26. The number of H-pyrrole nitrogens is 1. The molecule has 0 saturated carbocycles. The van der Waals surface area contributed by atoms with Crippen LogP contribution in [0.15, 0.2) is 56.7 Å². The van der Waals surface area contributed by atoms with Crippen molar-refractivity contribution in [2.75, 3.05) is 12.0 Å². The average Bonchev–Trinajstić information content (AvgIpc) is 3.13. The maximum Gasteiger partial charge on any atom is 0.330 e. The summed E-state index contributed by atoms with van der Waals surface area (Å²) in [7, 11) is 0. The summed E-state index contributed by atoms with van der Waals surface area (Å²) >= 11 is 6.22. The Morgan fingerprint density at radius 3 is 2.81 bits per heavy atom. The van der Waals surface area contributed by atoms with Gasteiger partial charge in [-0.2, -0.15) is 0 Å². The van der Waals surface area contributed by atoms with E-state index in [0.717, 1.165) is 16.2 Å². The van der Waals surface area contributed by atoms with Gasteiger partial charge in [-0.1, -0.05) is 29.8 Å². The Bertz CT molecular complexity index is 1040. The molecule has 3 aromatic rings. The fourth-order valence-corrected chi connectivity index (χ4v) is 3.43. The van der Waals surface area contributed by atoms with Crippen LogP contribution in [0.25, 0.3) is 0 Å². The lowest BCUT2D eigenvalue weighted by molar-refractivity contribution is -0.926. The van der Waals surface area contributed by atoms with Crippen molar-refractivity contribution >= 4 is 17.4 Å². The lowest BCUT2D eigenvalue weighted by Gasteiger charge is -2.27. The zero-order valence-corrected chi connectivity index (χ0v) is 14.7. The summed E-state index contributed by atoms with van der Waals surface area (Å²) in [5.41, 5.74) is 0.572. The van der Waals surface area contributed by atoms with Crippen LogP contribution in [-0.2, 0) is 19.6 Å². The highest BCUT2D eigenvalue weighted by molar-refractivity contribution is 6.31. The van der Waals surface area contributed by atoms with Crippen LogP contribution in [0.2, 0.25) is 5.02 Å². The Balaban J connectivity index is 1.67. The molecule has 1 unspecified atom stereocenters. The molecule has 0 amide bonds. The molecule has 134 valence electrons. The van der Waals surface area contributed by atoms with Gasteiger partial charge in [0.15, 0.2) is 12.4 Å². The van der Waals surface area contributed by atoms with Crippen LogP contribution in [0, 0.1) is 0 Å². The Morgan fingerprint density at radius 2 is 2.04 bits per heavy atom. The molecule has 3 N–H and O–H groups in total. The minimum Gasteiger partial charge on any atom is -0.463 e. The number of quaternary nitrogens is 1. The molecule has 26 heavy (non-hydrogen) atoms. The van der Waals surface area contributed by atoms with Gasteiger partial charge in [-0.05, 0) is 23.8 Å². The quantitative estimate of drug-likeness (QED) is 0.631. The van der Waals surface area contributed by atoms with E-state index in [2.05, 4.69) is 10.3 Å². The number of hydrogen-bond acceptors (Lipinski definition) is 4. The lowest BCUT2D eigenvalue weighted by atomic mass is 10.2. The smallest absolute Gasteiger partial charge is 0.330 e. The van der Waals surface area contributed by atoms with Gasteiger partial charge in [-0.3, -0.25) is 14.3 Å². The van der Waals surface area contributed by atoms with Gasteiger partial charge in [0.05, 0.1) is 12.8 Å². The molecule has 2 aromatic heterocycles. The minimum atomic E-state index is -0.448. The summed E-state index contributed by atoms with van der Waals surface area (Å²) in [4.78, 5) is 28.2. The molecule has 4 rings (SSSR count). The van der Waals surface area contributed by atoms with Gasteiger partial charge < -0.3 is 14.6 Å². The molecular formula is C18H18ClN4O3+. The topological polar surface area (TPSA) is 84.5 Å². The van der Waals surface area contributed by atoms with E-state index in [1.807, 2.05) is 30.3 Å². The summed E-state index contributed by atoms with van der Waals surface area (Å²) in [6.45, 7) is 2.03. The molecular weight excluding hydrogens is 356 g/mol. The van der Waals surface area contributed by atoms with Gasteiger partial charge >= 0.3 is 5.69 Å². The lowest BCUT2D eigenvalue weighted by Crippen LogP contribution is -3.11. The van der Waals surface area contributed by atoms with Crippen LogP contribution >= 0.6 is 11.6 Å². The number of rotatable bonds is 4. The second-order valence-corrected chi connectivity index (χ2v) is 6.71. The van der Waals surface area contributed by atoms with Gasteiger partial charge in [0.2, 0.25) is 0 Å². The first kappa shape index (κ1) is 16.7. The van der Waals surface area contributed by atoms with E-state index in [4.69, 9.17) is 16.0 Å². The highest BCUT2D eigenvalue weighted by Crippen LogP contribution is 2.18. The van der Waals surface area contributed by atoms with Crippen LogP contribution in [0.4, 0.5) is 5.82 Å². The third-order valence-corrected chi connectivity index (χ3v) is 4.89. The van der Waals surface area contributed by atoms with Crippen molar-refractivity contribution in [2.45, 2.75) is 19.6 Å².